The summed E-state index contributed by atoms with van der Waals surface area (Å²) in [6.45, 7) is 5.40. The predicted octanol–water partition coefficient (Wildman–Crippen LogP) is 3.57. The molecule has 0 radical (unpaired) electrons. The van der Waals surface area contributed by atoms with Crippen molar-refractivity contribution < 1.29 is 4.74 Å². The fraction of sp³-hybridized carbons (Fsp3) is 0.333. The third kappa shape index (κ3) is 3.95. The van der Waals surface area contributed by atoms with Crippen molar-refractivity contribution >= 4 is 11.3 Å². The minimum absolute atomic E-state index is 0.680. The van der Waals surface area contributed by atoms with Crippen molar-refractivity contribution in [1.29, 1.82) is 0 Å². The van der Waals surface area contributed by atoms with E-state index in [1.165, 1.54) is 16.0 Å². The van der Waals surface area contributed by atoms with Crippen LogP contribution in [0.5, 0.6) is 0 Å². The first-order valence-electron chi connectivity index (χ1n) is 6.27. The third-order valence-electron chi connectivity index (χ3n) is 2.77. The Kier molecular flexibility index (Phi) is 5.39. The van der Waals surface area contributed by atoms with Crippen molar-refractivity contribution in [3.63, 3.8) is 0 Å². The Hall–Kier alpha value is -1.16. The second-order valence-electron chi connectivity index (χ2n) is 4.12. The van der Waals surface area contributed by atoms with Gasteiger partial charge in [-0.25, -0.2) is 0 Å². The largest absolute Gasteiger partial charge is 0.371 e. The number of thiophene rings is 1. The molecule has 1 aromatic heterocycles. The molecule has 2 rings (SSSR count). The van der Waals surface area contributed by atoms with Gasteiger partial charge < -0.3 is 10.1 Å². The highest BCUT2D eigenvalue weighted by Crippen LogP contribution is 2.14. The fourth-order valence-electron chi connectivity index (χ4n) is 1.79. The van der Waals surface area contributed by atoms with E-state index >= 15 is 0 Å². The maximum Gasteiger partial charge on any atom is 0.0813 e. The minimum Gasteiger partial charge on any atom is -0.371 e. The second-order valence-corrected chi connectivity index (χ2v) is 5.15. The first-order chi connectivity index (χ1) is 8.90. The quantitative estimate of drug-likeness (QED) is 0.822. The molecule has 0 saturated carbocycles. The fourth-order valence-corrected chi connectivity index (χ4v) is 2.43. The van der Waals surface area contributed by atoms with Crippen LogP contribution in [-0.4, -0.2) is 6.54 Å². The standard InChI is InChI=1S/C15H19NOS/c1-2-16-10-13-6-3-4-7-14(13)11-17-12-15-8-5-9-18-15/h3-9,16H,2,10-12H2,1H3. The van der Waals surface area contributed by atoms with Crippen LogP contribution in [0.2, 0.25) is 0 Å². The molecule has 3 heteroatoms. The van der Waals surface area contributed by atoms with E-state index in [1.54, 1.807) is 11.3 Å². The van der Waals surface area contributed by atoms with Crippen molar-refractivity contribution in [1.82, 2.24) is 5.32 Å². The number of nitrogens with one attached hydrogen (secondary N) is 1. The molecule has 0 bridgehead atoms. The van der Waals surface area contributed by atoms with Gasteiger partial charge in [0.15, 0.2) is 0 Å². The molecule has 0 aliphatic carbocycles. The summed E-state index contributed by atoms with van der Waals surface area (Å²) in [6.07, 6.45) is 0. The third-order valence-corrected chi connectivity index (χ3v) is 3.62. The molecule has 0 amide bonds. The highest BCUT2D eigenvalue weighted by Gasteiger charge is 2.02. The molecule has 0 saturated heterocycles. The van der Waals surface area contributed by atoms with Gasteiger partial charge in [-0.05, 0) is 29.1 Å². The summed E-state index contributed by atoms with van der Waals surface area (Å²) in [5, 5.41) is 5.44. The molecule has 1 aromatic carbocycles. The smallest absolute Gasteiger partial charge is 0.0813 e. The summed E-state index contributed by atoms with van der Waals surface area (Å²) in [4.78, 5) is 1.28. The monoisotopic (exact) mass is 261 g/mol. The molecule has 2 nitrogen and oxygen atoms in total. The van der Waals surface area contributed by atoms with Gasteiger partial charge in [-0.2, -0.15) is 0 Å². The van der Waals surface area contributed by atoms with Crippen molar-refractivity contribution in [3.05, 3.63) is 57.8 Å². The molecule has 1 N–H and O–H groups in total. The lowest BCUT2D eigenvalue weighted by Crippen LogP contribution is -2.13. The van der Waals surface area contributed by atoms with E-state index in [-0.39, 0.29) is 0 Å². The van der Waals surface area contributed by atoms with Gasteiger partial charge in [0.05, 0.1) is 13.2 Å². The lowest BCUT2D eigenvalue weighted by Gasteiger charge is -2.10. The van der Waals surface area contributed by atoms with Gasteiger partial charge >= 0.3 is 0 Å². The normalized spacial score (nSPS) is 10.7. The summed E-state index contributed by atoms with van der Waals surface area (Å²) < 4.78 is 5.77. The van der Waals surface area contributed by atoms with Crippen LogP contribution in [0.4, 0.5) is 0 Å². The lowest BCUT2D eigenvalue weighted by atomic mass is 10.1. The van der Waals surface area contributed by atoms with Crippen LogP contribution in [0.3, 0.4) is 0 Å². The average molecular weight is 261 g/mol. The number of benzene rings is 1. The Bertz CT molecular complexity index is 453. The molecule has 0 unspecified atom stereocenters. The highest BCUT2D eigenvalue weighted by molar-refractivity contribution is 7.09. The zero-order chi connectivity index (χ0) is 12.6. The number of rotatable bonds is 7. The van der Waals surface area contributed by atoms with Gasteiger partial charge in [0.1, 0.15) is 0 Å². The Balaban J connectivity index is 1.87. The molecule has 0 aliphatic rings. The van der Waals surface area contributed by atoms with E-state index in [9.17, 15) is 0 Å². The summed E-state index contributed by atoms with van der Waals surface area (Å²) in [5.41, 5.74) is 2.60. The Morgan fingerprint density at radius 3 is 2.61 bits per heavy atom. The van der Waals surface area contributed by atoms with E-state index in [0.29, 0.717) is 13.2 Å². The molecule has 0 fully saturated rings. The van der Waals surface area contributed by atoms with Crippen LogP contribution >= 0.6 is 11.3 Å². The van der Waals surface area contributed by atoms with Gasteiger partial charge in [0.25, 0.3) is 0 Å². The number of hydrogen-bond donors (Lipinski definition) is 1. The maximum absolute atomic E-state index is 5.77. The van der Waals surface area contributed by atoms with Crippen LogP contribution in [-0.2, 0) is 24.5 Å². The molecule has 2 aromatic rings. The van der Waals surface area contributed by atoms with Crippen molar-refractivity contribution in [2.75, 3.05) is 6.54 Å². The van der Waals surface area contributed by atoms with Crippen LogP contribution in [0.1, 0.15) is 22.9 Å². The number of hydrogen-bond acceptors (Lipinski definition) is 3. The molecule has 96 valence electrons. The van der Waals surface area contributed by atoms with E-state index in [0.717, 1.165) is 13.1 Å². The van der Waals surface area contributed by atoms with Gasteiger partial charge in [0, 0.05) is 11.4 Å². The molecule has 18 heavy (non-hydrogen) atoms. The summed E-state index contributed by atoms with van der Waals surface area (Å²) in [7, 11) is 0. The van der Waals surface area contributed by atoms with Gasteiger partial charge in [-0.15, -0.1) is 11.3 Å². The molecule has 1 heterocycles. The molecule has 0 aliphatic heterocycles. The highest BCUT2D eigenvalue weighted by atomic mass is 32.1. The van der Waals surface area contributed by atoms with E-state index in [1.807, 2.05) is 0 Å². The first kappa shape index (κ1) is 13.3. The summed E-state index contributed by atoms with van der Waals surface area (Å²) >= 11 is 1.74. The van der Waals surface area contributed by atoms with Gasteiger partial charge in [-0.1, -0.05) is 37.3 Å². The predicted molar refractivity (Wildman–Crippen MR) is 76.6 cm³/mol. The summed E-state index contributed by atoms with van der Waals surface area (Å²) in [6, 6.07) is 12.6. The molecule has 0 atom stereocenters. The van der Waals surface area contributed by atoms with Crippen LogP contribution < -0.4 is 5.32 Å². The SMILES string of the molecule is CCNCc1ccccc1COCc1cccs1. The summed E-state index contributed by atoms with van der Waals surface area (Å²) in [5.74, 6) is 0. The van der Waals surface area contributed by atoms with Crippen molar-refractivity contribution in [3.8, 4) is 0 Å². The average Bonchev–Trinajstić information content (AvgIpc) is 2.91. The van der Waals surface area contributed by atoms with Crippen LogP contribution in [0.25, 0.3) is 0 Å². The second kappa shape index (κ2) is 7.31. The van der Waals surface area contributed by atoms with Gasteiger partial charge in [-0.3, -0.25) is 0 Å². The van der Waals surface area contributed by atoms with E-state index in [4.69, 9.17) is 4.74 Å². The lowest BCUT2D eigenvalue weighted by molar-refractivity contribution is 0.108. The van der Waals surface area contributed by atoms with Crippen molar-refractivity contribution in [2.24, 2.45) is 0 Å². The van der Waals surface area contributed by atoms with Gasteiger partial charge in [0.2, 0.25) is 0 Å². The molecular weight excluding hydrogens is 242 g/mol. The Morgan fingerprint density at radius 2 is 1.89 bits per heavy atom. The van der Waals surface area contributed by atoms with Crippen LogP contribution in [0, 0.1) is 0 Å². The Morgan fingerprint density at radius 1 is 1.06 bits per heavy atom. The van der Waals surface area contributed by atoms with Crippen LogP contribution in [0.15, 0.2) is 41.8 Å². The zero-order valence-corrected chi connectivity index (χ0v) is 11.5. The van der Waals surface area contributed by atoms with E-state index < -0.39 is 0 Å². The first-order valence-corrected chi connectivity index (χ1v) is 7.15. The molecule has 0 spiro atoms. The maximum atomic E-state index is 5.77. The topological polar surface area (TPSA) is 21.3 Å². The zero-order valence-electron chi connectivity index (χ0n) is 10.7. The molecular formula is C15H19NOS. The van der Waals surface area contributed by atoms with Crippen molar-refractivity contribution in [2.45, 2.75) is 26.7 Å². The minimum atomic E-state index is 0.680. The van der Waals surface area contributed by atoms with E-state index in [2.05, 4.69) is 54.0 Å². The number of ether oxygens (including phenoxy) is 1. The Labute approximate surface area is 113 Å².